The molecule has 0 saturated carbocycles. The van der Waals surface area contributed by atoms with E-state index in [2.05, 4.69) is 0 Å². The minimum atomic E-state index is -0.585. The third kappa shape index (κ3) is 2.44. The van der Waals surface area contributed by atoms with E-state index in [1.54, 1.807) is 31.2 Å². The molecule has 0 bridgehead atoms. The number of aromatic nitrogens is 1. The van der Waals surface area contributed by atoms with Crippen LogP contribution in [0, 0.1) is 18.7 Å². The summed E-state index contributed by atoms with van der Waals surface area (Å²) in [6.45, 7) is 5.43. The molecule has 4 heteroatoms. The predicted molar refractivity (Wildman–Crippen MR) is 88.3 cm³/mol. The normalized spacial score (nSPS) is 11.4. The van der Waals surface area contributed by atoms with Crippen LogP contribution in [-0.2, 0) is 0 Å². The highest BCUT2D eigenvalue weighted by molar-refractivity contribution is 5.85. The van der Waals surface area contributed by atoms with Gasteiger partial charge in [0.2, 0.25) is 5.95 Å². The molecule has 0 radical (unpaired) electrons. The Balaban J connectivity index is 2.49. The van der Waals surface area contributed by atoms with Crippen molar-refractivity contribution in [1.29, 1.82) is 0 Å². The number of nitrogens with zero attached hydrogens (tertiary/aromatic N) is 1. The first kappa shape index (κ1) is 15.4. The number of rotatable bonds is 2. The van der Waals surface area contributed by atoms with Gasteiger partial charge in [0.1, 0.15) is 5.82 Å². The van der Waals surface area contributed by atoms with E-state index in [9.17, 15) is 9.18 Å². The van der Waals surface area contributed by atoms with Crippen molar-refractivity contribution in [2.75, 3.05) is 0 Å². The van der Waals surface area contributed by atoms with Crippen LogP contribution >= 0.6 is 0 Å². The van der Waals surface area contributed by atoms with Crippen LogP contribution in [0.5, 0.6) is 0 Å². The lowest BCUT2D eigenvalue weighted by molar-refractivity contribution is 0.523. The van der Waals surface area contributed by atoms with Gasteiger partial charge < -0.3 is 0 Å². The van der Waals surface area contributed by atoms with Crippen LogP contribution in [0.3, 0.4) is 0 Å². The van der Waals surface area contributed by atoms with E-state index in [4.69, 9.17) is 0 Å². The van der Waals surface area contributed by atoms with E-state index in [0.29, 0.717) is 27.6 Å². The first-order chi connectivity index (χ1) is 10.9. The highest BCUT2D eigenvalue weighted by atomic mass is 19.1. The smallest absolute Gasteiger partial charge is 0.265 e. The maximum atomic E-state index is 15.1. The van der Waals surface area contributed by atoms with Crippen molar-refractivity contribution in [2.24, 2.45) is 0 Å². The Hall–Kier alpha value is -2.49. The summed E-state index contributed by atoms with van der Waals surface area (Å²) in [6, 6.07) is 11.0. The van der Waals surface area contributed by atoms with E-state index in [1.807, 2.05) is 13.8 Å². The first-order valence-electron chi connectivity index (χ1n) is 7.51. The van der Waals surface area contributed by atoms with Crippen molar-refractivity contribution in [3.05, 3.63) is 75.7 Å². The van der Waals surface area contributed by atoms with Gasteiger partial charge >= 0.3 is 0 Å². The number of fused-ring (bicyclic) bond motifs is 1. The quantitative estimate of drug-likeness (QED) is 0.629. The van der Waals surface area contributed by atoms with Gasteiger partial charge in [0.25, 0.3) is 5.56 Å². The summed E-state index contributed by atoms with van der Waals surface area (Å²) in [4.78, 5) is 12.8. The molecule has 23 heavy (non-hydrogen) atoms. The number of benzene rings is 2. The molecular weight excluding hydrogens is 296 g/mol. The molecular formula is C19H17F2NO. The van der Waals surface area contributed by atoms with Crippen LogP contribution in [0.25, 0.3) is 16.5 Å². The molecule has 0 saturated heterocycles. The van der Waals surface area contributed by atoms with E-state index in [-0.39, 0.29) is 5.92 Å². The molecule has 0 spiro atoms. The van der Waals surface area contributed by atoms with Crippen molar-refractivity contribution in [3.63, 3.8) is 0 Å². The molecule has 0 unspecified atom stereocenters. The molecule has 118 valence electrons. The predicted octanol–water partition coefficient (Wildman–Crippen LogP) is 4.70. The van der Waals surface area contributed by atoms with Crippen LogP contribution in [0.15, 0.2) is 47.3 Å². The fourth-order valence-electron chi connectivity index (χ4n) is 2.98. The Kier molecular flexibility index (Phi) is 3.76. The molecule has 0 amide bonds. The fraction of sp³-hybridized carbons (Fsp3) is 0.211. The Bertz CT molecular complexity index is 957. The van der Waals surface area contributed by atoms with Crippen LogP contribution in [0.1, 0.15) is 30.9 Å². The Labute approximate surface area is 133 Å². The van der Waals surface area contributed by atoms with Gasteiger partial charge in [-0.2, -0.15) is 4.39 Å². The van der Waals surface area contributed by atoms with E-state index < -0.39 is 17.3 Å². The molecule has 2 nitrogen and oxygen atoms in total. The molecule has 3 rings (SSSR count). The molecule has 2 aromatic carbocycles. The number of aryl methyl sites for hydroxylation is 1. The van der Waals surface area contributed by atoms with Crippen molar-refractivity contribution >= 4 is 10.8 Å². The van der Waals surface area contributed by atoms with Crippen LogP contribution < -0.4 is 5.56 Å². The highest BCUT2D eigenvalue weighted by Gasteiger charge is 2.20. The molecule has 0 aliphatic rings. The zero-order chi connectivity index (χ0) is 16.7. The van der Waals surface area contributed by atoms with Gasteiger partial charge in [0.05, 0.1) is 5.69 Å². The lowest BCUT2D eigenvalue weighted by Crippen LogP contribution is -2.24. The van der Waals surface area contributed by atoms with Gasteiger partial charge in [-0.25, -0.2) is 4.39 Å². The summed E-state index contributed by atoms with van der Waals surface area (Å²) in [6.07, 6.45) is 0. The second-order valence-corrected chi connectivity index (χ2v) is 5.98. The van der Waals surface area contributed by atoms with Crippen LogP contribution in [0.2, 0.25) is 0 Å². The Morgan fingerprint density at radius 1 is 1.00 bits per heavy atom. The monoisotopic (exact) mass is 313 g/mol. The van der Waals surface area contributed by atoms with E-state index in [1.165, 1.54) is 18.2 Å². The maximum absolute atomic E-state index is 15.1. The second kappa shape index (κ2) is 5.61. The van der Waals surface area contributed by atoms with Gasteiger partial charge in [-0.05, 0) is 48.1 Å². The second-order valence-electron chi connectivity index (χ2n) is 5.98. The SMILES string of the molecule is Cc1cc(F)ccc1-n1c(F)c(C(C)C)c2ccccc2c1=O. The van der Waals surface area contributed by atoms with Crippen molar-refractivity contribution in [2.45, 2.75) is 26.7 Å². The van der Waals surface area contributed by atoms with Gasteiger partial charge in [-0.1, -0.05) is 32.0 Å². The minimum Gasteiger partial charge on any atom is -0.268 e. The Morgan fingerprint density at radius 2 is 1.65 bits per heavy atom. The number of hydrogen-bond donors (Lipinski definition) is 0. The summed E-state index contributed by atoms with van der Waals surface area (Å²) in [5, 5.41) is 1.09. The molecule has 1 aromatic heterocycles. The molecule has 3 aromatic rings. The summed E-state index contributed by atoms with van der Waals surface area (Å²) < 4.78 is 29.5. The number of pyridine rings is 1. The summed E-state index contributed by atoms with van der Waals surface area (Å²) in [7, 11) is 0. The lowest BCUT2D eigenvalue weighted by Gasteiger charge is -2.18. The fourth-order valence-corrected chi connectivity index (χ4v) is 2.98. The summed E-state index contributed by atoms with van der Waals surface area (Å²) in [5.74, 6) is -1.09. The molecule has 1 heterocycles. The van der Waals surface area contributed by atoms with Gasteiger partial charge in [-0.3, -0.25) is 9.36 Å². The third-order valence-corrected chi connectivity index (χ3v) is 4.05. The van der Waals surface area contributed by atoms with Gasteiger partial charge in [0, 0.05) is 10.9 Å². The molecule has 0 atom stereocenters. The summed E-state index contributed by atoms with van der Waals surface area (Å²) >= 11 is 0. The molecule has 0 N–H and O–H groups in total. The van der Waals surface area contributed by atoms with Gasteiger partial charge in [-0.15, -0.1) is 0 Å². The van der Waals surface area contributed by atoms with Crippen molar-refractivity contribution in [1.82, 2.24) is 4.57 Å². The average Bonchev–Trinajstić information content (AvgIpc) is 2.49. The van der Waals surface area contributed by atoms with E-state index in [0.717, 1.165) is 4.57 Å². The lowest BCUT2D eigenvalue weighted by atomic mass is 9.97. The molecule has 0 aliphatic carbocycles. The zero-order valence-corrected chi connectivity index (χ0v) is 13.2. The van der Waals surface area contributed by atoms with Crippen molar-refractivity contribution < 1.29 is 8.78 Å². The molecule has 0 fully saturated rings. The van der Waals surface area contributed by atoms with Crippen molar-refractivity contribution in [3.8, 4) is 5.69 Å². The van der Waals surface area contributed by atoms with E-state index >= 15 is 4.39 Å². The first-order valence-corrected chi connectivity index (χ1v) is 7.51. The van der Waals surface area contributed by atoms with Gasteiger partial charge in [0.15, 0.2) is 0 Å². The van der Waals surface area contributed by atoms with Crippen LogP contribution in [-0.4, -0.2) is 4.57 Å². The number of halogens is 2. The molecule has 0 aliphatic heterocycles. The largest absolute Gasteiger partial charge is 0.268 e. The standard InChI is InChI=1S/C19H17F2NO/c1-11(2)17-14-6-4-5-7-15(14)19(23)22(18(17)21)16-9-8-13(20)10-12(16)3/h4-11H,1-3H3. The topological polar surface area (TPSA) is 22.0 Å². The summed E-state index contributed by atoms with van der Waals surface area (Å²) in [5.41, 5.74) is 0.929. The third-order valence-electron chi connectivity index (χ3n) is 4.05. The average molecular weight is 313 g/mol. The zero-order valence-electron chi connectivity index (χ0n) is 13.2. The minimum absolute atomic E-state index is 0.0903. The highest BCUT2D eigenvalue weighted by Crippen LogP contribution is 2.28. The Morgan fingerprint density at radius 3 is 2.26 bits per heavy atom. The number of hydrogen-bond acceptors (Lipinski definition) is 1. The van der Waals surface area contributed by atoms with Crippen LogP contribution in [0.4, 0.5) is 8.78 Å². The maximum Gasteiger partial charge on any atom is 0.265 e.